The Hall–Kier alpha value is -1.27. The van der Waals surface area contributed by atoms with Gasteiger partial charge in [-0.15, -0.1) is 0 Å². The van der Waals surface area contributed by atoms with E-state index in [1.54, 1.807) is 0 Å². The number of aromatic hydroxyl groups is 1. The van der Waals surface area contributed by atoms with E-state index in [0.717, 1.165) is 38.3 Å². The minimum atomic E-state index is -4.42. The molecule has 1 heterocycles. The van der Waals surface area contributed by atoms with Gasteiger partial charge in [-0.3, -0.25) is 4.90 Å². The van der Waals surface area contributed by atoms with Crippen molar-refractivity contribution in [3.63, 3.8) is 0 Å². The van der Waals surface area contributed by atoms with Crippen LogP contribution in [0, 0.1) is 0 Å². The molecule has 0 unspecified atom stereocenters. The molecule has 0 aliphatic carbocycles. The van der Waals surface area contributed by atoms with E-state index >= 15 is 0 Å². The van der Waals surface area contributed by atoms with E-state index < -0.39 is 11.7 Å². The topological polar surface area (TPSA) is 35.5 Å². The molecule has 0 radical (unpaired) electrons. The molecule has 1 fully saturated rings. The Morgan fingerprint density at radius 1 is 1.17 bits per heavy atom. The second-order valence-electron chi connectivity index (χ2n) is 4.41. The minimum absolute atomic E-state index is 0.338. The van der Waals surface area contributed by atoms with Crippen LogP contribution in [-0.2, 0) is 12.7 Å². The predicted octanol–water partition coefficient (Wildman–Crippen LogP) is 1.82. The Labute approximate surface area is 103 Å². The lowest BCUT2D eigenvalue weighted by Gasteiger charge is -2.27. The van der Waals surface area contributed by atoms with E-state index in [4.69, 9.17) is 0 Å². The van der Waals surface area contributed by atoms with Crippen molar-refractivity contribution >= 4 is 0 Å². The summed E-state index contributed by atoms with van der Waals surface area (Å²) in [5.74, 6) is -0.338. The van der Waals surface area contributed by atoms with Crippen molar-refractivity contribution in [2.24, 2.45) is 0 Å². The second kappa shape index (κ2) is 5.16. The molecule has 0 saturated carbocycles. The molecule has 1 aliphatic rings. The van der Waals surface area contributed by atoms with E-state index in [2.05, 4.69) is 10.2 Å². The Bertz CT molecular complexity index is 414. The number of phenols is 1. The molecule has 0 spiro atoms. The molecule has 18 heavy (non-hydrogen) atoms. The van der Waals surface area contributed by atoms with Gasteiger partial charge in [-0.05, 0) is 23.8 Å². The van der Waals surface area contributed by atoms with Crippen LogP contribution in [0.15, 0.2) is 18.2 Å². The van der Waals surface area contributed by atoms with Gasteiger partial charge in [-0.25, -0.2) is 0 Å². The highest BCUT2D eigenvalue weighted by Gasteiger charge is 2.31. The molecule has 1 aromatic rings. The van der Waals surface area contributed by atoms with Crippen LogP contribution in [0.2, 0.25) is 0 Å². The summed E-state index contributed by atoms with van der Waals surface area (Å²) in [5.41, 5.74) is -0.308. The van der Waals surface area contributed by atoms with Crippen LogP contribution < -0.4 is 5.32 Å². The molecule has 100 valence electrons. The molecule has 0 atom stereocenters. The number of halogens is 3. The number of phenolic OH excluding ortho intramolecular Hbond substituents is 1. The average Bonchev–Trinajstić information content (AvgIpc) is 2.28. The van der Waals surface area contributed by atoms with Crippen molar-refractivity contribution in [3.05, 3.63) is 29.3 Å². The van der Waals surface area contributed by atoms with Gasteiger partial charge in [0.25, 0.3) is 0 Å². The largest absolute Gasteiger partial charge is 0.508 e. The van der Waals surface area contributed by atoms with Gasteiger partial charge in [0.1, 0.15) is 5.75 Å². The summed E-state index contributed by atoms with van der Waals surface area (Å²) in [6.45, 7) is 3.71. The number of piperazine rings is 1. The van der Waals surface area contributed by atoms with Gasteiger partial charge in [0.15, 0.2) is 0 Å². The third-order valence-electron chi connectivity index (χ3n) is 2.92. The Kier molecular flexibility index (Phi) is 3.77. The smallest absolute Gasteiger partial charge is 0.416 e. The molecule has 2 N–H and O–H groups in total. The lowest BCUT2D eigenvalue weighted by Crippen LogP contribution is -2.42. The normalized spacial score (nSPS) is 17.9. The molecule has 0 amide bonds. The summed E-state index contributed by atoms with van der Waals surface area (Å²) in [4.78, 5) is 2.06. The van der Waals surface area contributed by atoms with Crippen LogP contribution in [0.5, 0.6) is 5.75 Å². The van der Waals surface area contributed by atoms with Crippen molar-refractivity contribution < 1.29 is 18.3 Å². The molecule has 1 aliphatic heterocycles. The maximum Gasteiger partial charge on any atom is 0.416 e. The molecule has 1 aromatic carbocycles. The third-order valence-corrected chi connectivity index (χ3v) is 2.92. The minimum Gasteiger partial charge on any atom is -0.508 e. The van der Waals surface area contributed by atoms with Crippen molar-refractivity contribution in [2.75, 3.05) is 26.2 Å². The number of benzene rings is 1. The van der Waals surface area contributed by atoms with E-state index in [1.807, 2.05) is 0 Å². The van der Waals surface area contributed by atoms with Crippen LogP contribution in [0.4, 0.5) is 13.2 Å². The van der Waals surface area contributed by atoms with Gasteiger partial charge in [0, 0.05) is 32.7 Å². The molecule has 1 saturated heterocycles. The van der Waals surface area contributed by atoms with Crippen molar-refractivity contribution in [1.29, 1.82) is 0 Å². The van der Waals surface area contributed by atoms with E-state index in [9.17, 15) is 18.3 Å². The van der Waals surface area contributed by atoms with Crippen LogP contribution in [0.1, 0.15) is 11.1 Å². The predicted molar refractivity (Wildman–Crippen MR) is 61.3 cm³/mol. The number of nitrogens with one attached hydrogen (secondary N) is 1. The van der Waals surface area contributed by atoms with Crippen LogP contribution in [0.25, 0.3) is 0 Å². The van der Waals surface area contributed by atoms with Crippen LogP contribution in [0.3, 0.4) is 0 Å². The van der Waals surface area contributed by atoms with Gasteiger partial charge >= 0.3 is 6.18 Å². The monoisotopic (exact) mass is 260 g/mol. The SMILES string of the molecule is Oc1cc(CN2CCNCC2)cc(C(F)(F)F)c1. The fourth-order valence-corrected chi connectivity index (χ4v) is 2.06. The third kappa shape index (κ3) is 3.36. The fourth-order valence-electron chi connectivity index (χ4n) is 2.06. The average molecular weight is 260 g/mol. The number of alkyl halides is 3. The first-order valence-electron chi connectivity index (χ1n) is 5.78. The summed E-state index contributed by atoms with van der Waals surface area (Å²) in [7, 11) is 0. The van der Waals surface area contributed by atoms with Crippen molar-refractivity contribution in [2.45, 2.75) is 12.7 Å². The van der Waals surface area contributed by atoms with Gasteiger partial charge in [-0.2, -0.15) is 13.2 Å². The summed E-state index contributed by atoms with van der Waals surface area (Å²) in [6.07, 6.45) is -4.42. The summed E-state index contributed by atoms with van der Waals surface area (Å²) >= 11 is 0. The lowest BCUT2D eigenvalue weighted by molar-refractivity contribution is -0.137. The van der Waals surface area contributed by atoms with Crippen molar-refractivity contribution in [3.8, 4) is 5.75 Å². The van der Waals surface area contributed by atoms with Gasteiger partial charge in [0.2, 0.25) is 0 Å². The highest BCUT2D eigenvalue weighted by atomic mass is 19.4. The molecular weight excluding hydrogens is 245 g/mol. The van der Waals surface area contributed by atoms with E-state index in [1.165, 1.54) is 6.07 Å². The Morgan fingerprint density at radius 2 is 1.83 bits per heavy atom. The van der Waals surface area contributed by atoms with Crippen LogP contribution >= 0.6 is 0 Å². The van der Waals surface area contributed by atoms with Crippen molar-refractivity contribution in [1.82, 2.24) is 10.2 Å². The lowest BCUT2D eigenvalue weighted by atomic mass is 10.1. The zero-order valence-corrected chi connectivity index (χ0v) is 9.80. The van der Waals surface area contributed by atoms with E-state index in [-0.39, 0.29) is 5.75 Å². The van der Waals surface area contributed by atoms with Gasteiger partial charge < -0.3 is 10.4 Å². The Balaban J connectivity index is 2.14. The first kappa shape index (κ1) is 13.2. The standard InChI is InChI=1S/C12H15F3N2O/c13-12(14,15)10-5-9(6-11(18)7-10)8-17-3-1-16-2-4-17/h5-7,16,18H,1-4,8H2. The molecule has 2 rings (SSSR count). The number of hydrogen-bond acceptors (Lipinski definition) is 3. The summed E-state index contributed by atoms with van der Waals surface area (Å²) in [6, 6.07) is 3.24. The zero-order valence-electron chi connectivity index (χ0n) is 9.80. The molecular formula is C12H15F3N2O. The highest BCUT2D eigenvalue weighted by molar-refractivity contribution is 5.35. The first-order valence-corrected chi connectivity index (χ1v) is 5.78. The highest BCUT2D eigenvalue weighted by Crippen LogP contribution is 2.32. The number of hydrogen-bond donors (Lipinski definition) is 2. The van der Waals surface area contributed by atoms with E-state index in [0.29, 0.717) is 12.1 Å². The second-order valence-corrected chi connectivity index (χ2v) is 4.41. The van der Waals surface area contributed by atoms with Crippen LogP contribution in [-0.4, -0.2) is 36.2 Å². The summed E-state index contributed by atoms with van der Waals surface area (Å²) < 4.78 is 37.8. The molecule has 3 nitrogen and oxygen atoms in total. The Morgan fingerprint density at radius 3 is 2.44 bits per heavy atom. The first-order chi connectivity index (χ1) is 8.45. The molecule has 0 bridgehead atoms. The zero-order chi connectivity index (χ0) is 13.2. The number of rotatable bonds is 2. The molecule has 6 heteroatoms. The maximum absolute atomic E-state index is 12.6. The quantitative estimate of drug-likeness (QED) is 0.851. The number of nitrogens with zero attached hydrogens (tertiary/aromatic N) is 1. The fraction of sp³-hybridized carbons (Fsp3) is 0.500. The van der Waals surface area contributed by atoms with Gasteiger partial charge in [-0.1, -0.05) is 0 Å². The maximum atomic E-state index is 12.6. The molecule has 0 aromatic heterocycles. The summed E-state index contributed by atoms with van der Waals surface area (Å²) in [5, 5.41) is 12.5. The van der Waals surface area contributed by atoms with Gasteiger partial charge in [0.05, 0.1) is 5.56 Å².